The molecule has 0 N–H and O–H groups in total. The van der Waals surface area contributed by atoms with Crippen molar-refractivity contribution in [2.75, 3.05) is 39.8 Å². The third-order valence-corrected chi connectivity index (χ3v) is 4.36. The molecule has 0 unspecified atom stereocenters. The number of rotatable bonds is 6. The van der Waals surface area contributed by atoms with Crippen LogP contribution in [-0.2, 0) is 4.79 Å². The molecule has 0 bridgehead atoms. The van der Waals surface area contributed by atoms with Crippen molar-refractivity contribution < 1.29 is 27.1 Å². The Morgan fingerprint density at radius 2 is 1.88 bits per heavy atom. The first-order valence-corrected chi connectivity index (χ1v) is 8.18. The largest absolute Gasteiger partial charge is 0.573 e. The second kappa shape index (κ2) is 8.14. The molecule has 1 heterocycles. The molecule has 0 radical (unpaired) electrons. The van der Waals surface area contributed by atoms with Gasteiger partial charge in [0.1, 0.15) is 5.78 Å². The van der Waals surface area contributed by atoms with Gasteiger partial charge in [-0.15, -0.1) is 13.2 Å². The van der Waals surface area contributed by atoms with Crippen LogP contribution in [0.5, 0.6) is 5.75 Å². The molecule has 2 rings (SSSR count). The maximum Gasteiger partial charge on any atom is 0.573 e. The molecule has 1 aromatic carbocycles. The minimum Gasteiger partial charge on any atom is -0.403 e. The van der Waals surface area contributed by atoms with Gasteiger partial charge in [0.05, 0.1) is 5.92 Å². The van der Waals surface area contributed by atoms with E-state index in [0.29, 0.717) is 12.1 Å². The highest BCUT2D eigenvalue weighted by atomic mass is 19.4. The van der Waals surface area contributed by atoms with Crippen LogP contribution >= 0.6 is 0 Å². The van der Waals surface area contributed by atoms with E-state index in [-0.39, 0.29) is 12.2 Å². The summed E-state index contributed by atoms with van der Waals surface area (Å²) in [5.41, 5.74) is 0.373. The van der Waals surface area contributed by atoms with E-state index in [4.69, 9.17) is 0 Å². The van der Waals surface area contributed by atoms with E-state index in [9.17, 15) is 22.4 Å². The predicted octanol–water partition coefficient (Wildman–Crippen LogP) is 3.03. The number of hydrogen-bond acceptors (Lipinski definition) is 4. The second-order valence-corrected chi connectivity index (χ2v) is 6.21. The quantitative estimate of drug-likeness (QED) is 0.729. The van der Waals surface area contributed by atoms with Gasteiger partial charge >= 0.3 is 6.36 Å². The molecule has 0 aliphatic carbocycles. The molecule has 1 aliphatic rings. The number of Topliss-reactive ketones (excluding diaryl/α,β-unsaturated/α-hetero) is 1. The van der Waals surface area contributed by atoms with Crippen molar-refractivity contribution in [3.05, 3.63) is 29.6 Å². The van der Waals surface area contributed by atoms with E-state index < -0.39 is 23.8 Å². The number of ketones is 1. The van der Waals surface area contributed by atoms with Crippen molar-refractivity contribution in [2.24, 2.45) is 0 Å². The van der Waals surface area contributed by atoms with Crippen LogP contribution in [0.25, 0.3) is 0 Å². The Bertz CT molecular complexity index is 599. The number of ether oxygens (including phenoxy) is 1. The molecule has 4 nitrogen and oxygen atoms in total. The molecule has 0 aromatic heterocycles. The van der Waals surface area contributed by atoms with Crippen LogP contribution in [-0.4, -0.2) is 61.7 Å². The summed E-state index contributed by atoms with van der Waals surface area (Å²) in [6, 6.07) is 3.23. The van der Waals surface area contributed by atoms with Crippen molar-refractivity contribution >= 4 is 5.78 Å². The van der Waals surface area contributed by atoms with Gasteiger partial charge in [-0.25, -0.2) is 4.39 Å². The van der Waals surface area contributed by atoms with Crippen LogP contribution in [0.4, 0.5) is 17.6 Å². The molecule has 1 atom stereocenters. The van der Waals surface area contributed by atoms with E-state index in [1.807, 2.05) is 7.05 Å². The summed E-state index contributed by atoms with van der Waals surface area (Å²) in [5, 5.41) is 0. The van der Waals surface area contributed by atoms with Crippen molar-refractivity contribution in [3.8, 4) is 5.75 Å². The summed E-state index contributed by atoms with van der Waals surface area (Å²) in [6.07, 6.45) is -4.68. The first kappa shape index (κ1) is 19.7. The predicted molar refractivity (Wildman–Crippen MR) is 85.1 cm³/mol. The second-order valence-electron chi connectivity index (χ2n) is 6.21. The lowest BCUT2D eigenvalue weighted by atomic mass is 9.92. The Balaban J connectivity index is 2.17. The summed E-state index contributed by atoms with van der Waals surface area (Å²) in [7, 11) is 2.01. The van der Waals surface area contributed by atoms with Crippen LogP contribution in [0.15, 0.2) is 18.2 Å². The highest BCUT2D eigenvalue weighted by Gasteiger charge is 2.33. The first-order valence-electron chi connectivity index (χ1n) is 8.18. The molecule has 140 valence electrons. The number of alkyl halides is 3. The SMILES string of the molecule is CCC(=O)[C@H](CN1CCN(C)CC1)c1ccc(OC(F)(F)F)c(F)c1. The third-order valence-electron chi connectivity index (χ3n) is 4.36. The standard InChI is InChI=1S/C17H22F4N2O2/c1-3-15(24)13(11-23-8-6-22(2)7-9-23)12-4-5-16(14(18)10-12)25-17(19,20)21/h4-5,10,13H,3,6-9,11H2,1-2H3/t13-/m1/s1. The van der Waals surface area contributed by atoms with Crippen LogP contribution in [0.1, 0.15) is 24.8 Å². The minimum atomic E-state index is -4.96. The first-order chi connectivity index (χ1) is 11.7. The molecule has 1 aliphatic heterocycles. The smallest absolute Gasteiger partial charge is 0.403 e. The fourth-order valence-electron chi connectivity index (χ4n) is 2.87. The third kappa shape index (κ3) is 5.67. The number of likely N-dealkylation sites (N-methyl/N-ethyl adjacent to an activating group) is 1. The fourth-order valence-corrected chi connectivity index (χ4v) is 2.87. The monoisotopic (exact) mass is 362 g/mol. The lowest BCUT2D eigenvalue weighted by Gasteiger charge is -2.34. The normalized spacial score (nSPS) is 18.2. The maximum absolute atomic E-state index is 14.0. The maximum atomic E-state index is 14.0. The van der Waals surface area contributed by atoms with Crippen LogP contribution in [0, 0.1) is 5.82 Å². The Morgan fingerprint density at radius 3 is 2.40 bits per heavy atom. The van der Waals surface area contributed by atoms with E-state index in [0.717, 1.165) is 38.3 Å². The number of hydrogen-bond donors (Lipinski definition) is 0. The van der Waals surface area contributed by atoms with Gasteiger partial charge in [0.15, 0.2) is 11.6 Å². The molecule has 1 aromatic rings. The molecule has 1 fully saturated rings. The number of nitrogens with zero attached hydrogens (tertiary/aromatic N) is 2. The van der Waals surface area contributed by atoms with Crippen LogP contribution < -0.4 is 4.74 Å². The van der Waals surface area contributed by atoms with Gasteiger partial charge in [0.2, 0.25) is 0 Å². The van der Waals surface area contributed by atoms with Gasteiger partial charge in [-0.3, -0.25) is 9.69 Å². The van der Waals surface area contributed by atoms with Gasteiger partial charge in [-0.2, -0.15) is 0 Å². The summed E-state index contributed by atoms with van der Waals surface area (Å²) in [5.74, 6) is -2.65. The van der Waals surface area contributed by atoms with Gasteiger partial charge in [0.25, 0.3) is 0 Å². The lowest BCUT2D eigenvalue weighted by molar-refractivity contribution is -0.275. The Kier molecular flexibility index (Phi) is 6.40. The molecular weight excluding hydrogens is 340 g/mol. The average molecular weight is 362 g/mol. The van der Waals surface area contributed by atoms with Crippen molar-refractivity contribution in [1.82, 2.24) is 9.80 Å². The molecule has 1 saturated heterocycles. The molecule has 25 heavy (non-hydrogen) atoms. The highest BCUT2D eigenvalue weighted by Crippen LogP contribution is 2.29. The molecule has 8 heteroatoms. The average Bonchev–Trinajstić information content (AvgIpc) is 2.54. The Labute approximate surface area is 144 Å². The summed E-state index contributed by atoms with van der Waals surface area (Å²) < 4.78 is 54.4. The number of benzene rings is 1. The molecule has 0 amide bonds. The minimum absolute atomic E-state index is 0.0668. The number of halogens is 4. The van der Waals surface area contributed by atoms with Crippen molar-refractivity contribution in [1.29, 1.82) is 0 Å². The Hall–Kier alpha value is -1.67. The van der Waals surface area contributed by atoms with Crippen molar-refractivity contribution in [2.45, 2.75) is 25.6 Å². The zero-order chi connectivity index (χ0) is 18.6. The van der Waals surface area contributed by atoms with Gasteiger partial charge < -0.3 is 9.64 Å². The van der Waals surface area contributed by atoms with E-state index in [2.05, 4.69) is 14.5 Å². The van der Waals surface area contributed by atoms with Gasteiger partial charge in [-0.1, -0.05) is 13.0 Å². The number of piperazine rings is 1. The molecular formula is C17H22F4N2O2. The lowest BCUT2D eigenvalue weighted by Crippen LogP contribution is -2.46. The van der Waals surface area contributed by atoms with E-state index >= 15 is 0 Å². The topological polar surface area (TPSA) is 32.8 Å². The van der Waals surface area contributed by atoms with Gasteiger partial charge in [0, 0.05) is 39.1 Å². The van der Waals surface area contributed by atoms with Crippen LogP contribution in [0.2, 0.25) is 0 Å². The fraction of sp³-hybridized carbons (Fsp3) is 0.588. The number of carbonyl (C=O) groups excluding carboxylic acids is 1. The van der Waals surface area contributed by atoms with E-state index in [1.54, 1.807) is 6.92 Å². The molecule has 0 saturated carbocycles. The van der Waals surface area contributed by atoms with Gasteiger partial charge in [-0.05, 0) is 24.7 Å². The van der Waals surface area contributed by atoms with Crippen LogP contribution in [0.3, 0.4) is 0 Å². The highest BCUT2D eigenvalue weighted by molar-refractivity contribution is 5.85. The zero-order valence-electron chi connectivity index (χ0n) is 14.3. The summed E-state index contributed by atoms with van der Waals surface area (Å²) in [4.78, 5) is 16.6. The zero-order valence-corrected chi connectivity index (χ0v) is 14.3. The Morgan fingerprint density at radius 1 is 1.24 bits per heavy atom. The number of carbonyl (C=O) groups is 1. The summed E-state index contributed by atoms with van der Waals surface area (Å²) >= 11 is 0. The molecule has 0 spiro atoms. The van der Waals surface area contributed by atoms with Crippen molar-refractivity contribution in [3.63, 3.8) is 0 Å². The van der Waals surface area contributed by atoms with E-state index in [1.165, 1.54) is 6.07 Å². The summed E-state index contributed by atoms with van der Waals surface area (Å²) in [6.45, 7) is 5.49.